The highest BCUT2D eigenvalue weighted by molar-refractivity contribution is 9.10. The third-order valence-corrected chi connectivity index (χ3v) is 3.29. The van der Waals surface area contributed by atoms with Crippen LogP contribution in [0.3, 0.4) is 0 Å². The highest BCUT2D eigenvalue weighted by atomic mass is 79.9. The van der Waals surface area contributed by atoms with Gasteiger partial charge in [0.15, 0.2) is 0 Å². The molecule has 0 fully saturated rings. The summed E-state index contributed by atoms with van der Waals surface area (Å²) in [6, 6.07) is 12.3. The number of hydrogen-bond donors (Lipinski definition) is 1. The van der Waals surface area contributed by atoms with Gasteiger partial charge >= 0.3 is 0 Å². The van der Waals surface area contributed by atoms with Crippen LogP contribution in [0.2, 0.25) is 5.02 Å². The van der Waals surface area contributed by atoms with E-state index in [-0.39, 0.29) is 5.82 Å². The predicted molar refractivity (Wildman–Crippen MR) is 80.9 cm³/mol. The van der Waals surface area contributed by atoms with Crippen molar-refractivity contribution >= 4 is 33.2 Å². The van der Waals surface area contributed by atoms with Crippen molar-refractivity contribution in [2.45, 2.75) is 0 Å². The summed E-state index contributed by atoms with van der Waals surface area (Å²) in [6.07, 6.45) is 0. The number of anilines is 1. The van der Waals surface area contributed by atoms with Crippen LogP contribution in [0.1, 0.15) is 5.56 Å². The molecule has 1 nitrogen and oxygen atoms in total. The van der Waals surface area contributed by atoms with E-state index in [1.54, 1.807) is 0 Å². The second kappa shape index (κ2) is 6.60. The van der Waals surface area contributed by atoms with Crippen LogP contribution >= 0.6 is 27.5 Å². The van der Waals surface area contributed by atoms with Crippen LogP contribution in [0.25, 0.3) is 0 Å². The maximum atomic E-state index is 13.0. The molecule has 0 aliphatic carbocycles. The first-order valence-corrected chi connectivity index (χ1v) is 6.76. The minimum atomic E-state index is -0.377. The van der Waals surface area contributed by atoms with E-state index in [0.717, 1.165) is 5.56 Å². The van der Waals surface area contributed by atoms with Gasteiger partial charge in [0.2, 0.25) is 0 Å². The summed E-state index contributed by atoms with van der Waals surface area (Å²) in [4.78, 5) is 0. The normalized spacial score (nSPS) is 9.63. The van der Waals surface area contributed by atoms with E-state index in [0.29, 0.717) is 21.7 Å². The first kappa shape index (κ1) is 13.9. The van der Waals surface area contributed by atoms with Gasteiger partial charge in [-0.15, -0.1) is 0 Å². The average molecular weight is 339 g/mol. The van der Waals surface area contributed by atoms with E-state index in [4.69, 9.17) is 11.6 Å². The van der Waals surface area contributed by atoms with Gasteiger partial charge in [0.1, 0.15) is 5.82 Å². The van der Waals surface area contributed by atoms with Gasteiger partial charge in [0, 0.05) is 10.0 Å². The molecule has 1 N–H and O–H groups in total. The van der Waals surface area contributed by atoms with Gasteiger partial charge in [-0.3, -0.25) is 0 Å². The zero-order chi connectivity index (χ0) is 13.7. The maximum absolute atomic E-state index is 13.0. The summed E-state index contributed by atoms with van der Waals surface area (Å²) >= 11 is 9.21. The Morgan fingerprint density at radius 1 is 1.21 bits per heavy atom. The molecule has 0 amide bonds. The van der Waals surface area contributed by atoms with Gasteiger partial charge in [-0.1, -0.05) is 41.6 Å². The van der Waals surface area contributed by atoms with Crippen LogP contribution in [0.4, 0.5) is 10.1 Å². The van der Waals surface area contributed by atoms with E-state index in [9.17, 15) is 4.39 Å². The molecular weight excluding hydrogens is 329 g/mol. The Kier molecular flexibility index (Phi) is 4.84. The highest BCUT2D eigenvalue weighted by Crippen LogP contribution is 2.31. The molecule has 0 saturated carbocycles. The summed E-state index contributed by atoms with van der Waals surface area (Å²) in [7, 11) is 0. The van der Waals surface area contributed by atoms with E-state index in [1.165, 1.54) is 12.1 Å². The number of benzene rings is 2. The second-order valence-electron chi connectivity index (χ2n) is 3.77. The van der Waals surface area contributed by atoms with Crippen molar-refractivity contribution in [3.05, 3.63) is 63.3 Å². The Morgan fingerprint density at radius 2 is 1.95 bits per heavy atom. The first-order chi connectivity index (χ1) is 9.16. The molecule has 2 aromatic rings. The van der Waals surface area contributed by atoms with Gasteiger partial charge in [0.05, 0.1) is 17.3 Å². The smallest absolute Gasteiger partial charge is 0.125 e. The molecule has 0 unspecified atom stereocenters. The van der Waals surface area contributed by atoms with Crippen molar-refractivity contribution in [3.8, 4) is 11.8 Å². The standard InChI is InChI=1S/C15H10BrClFN/c16-13-9-12(18)10-14(17)15(13)19-8-4-7-11-5-2-1-3-6-11/h1-3,5-6,9-10,19H,8H2. The van der Waals surface area contributed by atoms with Crippen LogP contribution in [0.15, 0.2) is 46.9 Å². The number of rotatable bonds is 2. The first-order valence-electron chi connectivity index (χ1n) is 5.59. The van der Waals surface area contributed by atoms with Crippen molar-refractivity contribution in [2.24, 2.45) is 0 Å². The van der Waals surface area contributed by atoms with Crippen LogP contribution in [-0.2, 0) is 0 Å². The zero-order valence-corrected chi connectivity index (χ0v) is 12.2. The van der Waals surface area contributed by atoms with Crippen LogP contribution < -0.4 is 5.32 Å². The largest absolute Gasteiger partial charge is 0.372 e. The van der Waals surface area contributed by atoms with Gasteiger partial charge in [0.25, 0.3) is 0 Å². The summed E-state index contributed by atoms with van der Waals surface area (Å²) in [5, 5.41) is 3.39. The third-order valence-electron chi connectivity index (χ3n) is 2.37. The van der Waals surface area contributed by atoms with Crippen molar-refractivity contribution in [3.63, 3.8) is 0 Å². The van der Waals surface area contributed by atoms with Crippen molar-refractivity contribution in [1.29, 1.82) is 0 Å². The molecule has 2 aromatic carbocycles. The molecule has 0 aliphatic heterocycles. The Labute approximate surface area is 124 Å². The fraction of sp³-hybridized carbons (Fsp3) is 0.0667. The molecule has 2 rings (SSSR count). The summed E-state index contributed by atoms with van der Waals surface area (Å²) < 4.78 is 13.6. The Balaban J connectivity index is 2.03. The van der Waals surface area contributed by atoms with Crippen molar-refractivity contribution in [2.75, 3.05) is 11.9 Å². The second-order valence-corrected chi connectivity index (χ2v) is 5.03. The lowest BCUT2D eigenvalue weighted by Crippen LogP contribution is -2.00. The minimum Gasteiger partial charge on any atom is -0.372 e. The molecule has 0 aromatic heterocycles. The van der Waals surface area contributed by atoms with Crippen LogP contribution in [0.5, 0.6) is 0 Å². The molecule has 0 bridgehead atoms. The molecule has 0 heterocycles. The fourth-order valence-corrected chi connectivity index (χ4v) is 2.47. The quantitative estimate of drug-likeness (QED) is 0.782. The van der Waals surface area contributed by atoms with Crippen molar-refractivity contribution in [1.82, 2.24) is 0 Å². The topological polar surface area (TPSA) is 12.0 Å². The van der Waals surface area contributed by atoms with Gasteiger partial charge in [-0.05, 0) is 40.2 Å². The molecule has 4 heteroatoms. The fourth-order valence-electron chi connectivity index (χ4n) is 1.51. The van der Waals surface area contributed by atoms with Crippen LogP contribution in [-0.4, -0.2) is 6.54 Å². The van der Waals surface area contributed by atoms with Gasteiger partial charge < -0.3 is 5.32 Å². The van der Waals surface area contributed by atoms with E-state index < -0.39 is 0 Å². The van der Waals surface area contributed by atoms with E-state index in [2.05, 4.69) is 33.1 Å². The molecular formula is C15H10BrClFN. The molecule has 0 atom stereocenters. The molecule has 0 saturated heterocycles. The molecule has 0 radical (unpaired) electrons. The minimum absolute atomic E-state index is 0.327. The van der Waals surface area contributed by atoms with E-state index in [1.807, 2.05) is 30.3 Å². The lowest BCUT2D eigenvalue weighted by molar-refractivity contribution is 0.627. The average Bonchev–Trinajstić information content (AvgIpc) is 2.38. The van der Waals surface area contributed by atoms with Gasteiger partial charge in [-0.25, -0.2) is 4.39 Å². The molecule has 0 spiro atoms. The highest BCUT2D eigenvalue weighted by Gasteiger charge is 2.06. The van der Waals surface area contributed by atoms with Crippen LogP contribution in [0, 0.1) is 17.7 Å². The van der Waals surface area contributed by atoms with E-state index >= 15 is 0 Å². The lowest BCUT2D eigenvalue weighted by Gasteiger charge is -2.07. The summed E-state index contributed by atoms with van der Waals surface area (Å²) in [5.41, 5.74) is 1.60. The monoisotopic (exact) mass is 337 g/mol. The number of halogens is 3. The number of hydrogen-bond acceptors (Lipinski definition) is 1. The Hall–Kier alpha value is -1.50. The Morgan fingerprint density at radius 3 is 2.63 bits per heavy atom. The zero-order valence-electron chi connectivity index (χ0n) is 9.88. The molecule has 0 aliphatic rings. The lowest BCUT2D eigenvalue weighted by atomic mass is 10.2. The van der Waals surface area contributed by atoms with Crippen molar-refractivity contribution < 1.29 is 4.39 Å². The SMILES string of the molecule is Fc1cc(Cl)c(NCC#Cc2ccccc2)c(Br)c1. The third kappa shape index (κ3) is 3.99. The van der Waals surface area contributed by atoms with Gasteiger partial charge in [-0.2, -0.15) is 0 Å². The Bertz CT molecular complexity index is 609. The summed E-state index contributed by atoms with van der Waals surface area (Å²) in [6.45, 7) is 0.429. The maximum Gasteiger partial charge on any atom is 0.125 e. The molecule has 19 heavy (non-hydrogen) atoms. The molecule has 96 valence electrons. The summed E-state index contributed by atoms with van der Waals surface area (Å²) in [5.74, 6) is 5.63. The predicted octanol–water partition coefficient (Wildman–Crippen LogP) is 4.71. The number of nitrogens with one attached hydrogen (secondary N) is 1.